The average Bonchev–Trinajstić information content (AvgIpc) is 3.49. The molecule has 1 atom stereocenters. The monoisotopic (exact) mass is 648 g/mol. The zero-order chi connectivity index (χ0) is 33.7. The van der Waals surface area contributed by atoms with Crippen LogP contribution in [0, 0.1) is 5.82 Å². The molecule has 5 aromatic rings. The summed E-state index contributed by atoms with van der Waals surface area (Å²) in [4.78, 5) is 35.9. The molecule has 48 heavy (non-hydrogen) atoms. The van der Waals surface area contributed by atoms with Gasteiger partial charge in [0.05, 0.1) is 18.1 Å². The molecule has 1 fully saturated rings. The van der Waals surface area contributed by atoms with Crippen molar-refractivity contribution >= 4 is 22.7 Å². The lowest BCUT2D eigenvalue weighted by Gasteiger charge is -2.37. The highest BCUT2D eigenvalue weighted by atomic mass is 19.1. The van der Waals surface area contributed by atoms with E-state index < -0.39 is 11.4 Å². The lowest BCUT2D eigenvalue weighted by Crippen LogP contribution is -2.50. The molecular formula is C39H41FN4O4. The van der Waals surface area contributed by atoms with E-state index in [1.165, 1.54) is 12.1 Å². The van der Waals surface area contributed by atoms with Crippen molar-refractivity contribution in [2.75, 3.05) is 40.3 Å². The van der Waals surface area contributed by atoms with Crippen molar-refractivity contribution < 1.29 is 23.8 Å². The maximum Gasteiger partial charge on any atom is 0.253 e. The number of halogens is 1. The topological polar surface area (TPSA) is 87.9 Å². The van der Waals surface area contributed by atoms with Gasteiger partial charge in [-0.15, -0.1) is 0 Å². The van der Waals surface area contributed by atoms with E-state index in [0.717, 1.165) is 35.4 Å². The van der Waals surface area contributed by atoms with Crippen molar-refractivity contribution in [1.29, 1.82) is 0 Å². The lowest BCUT2D eigenvalue weighted by atomic mass is 9.86. The van der Waals surface area contributed by atoms with E-state index in [4.69, 9.17) is 4.74 Å². The van der Waals surface area contributed by atoms with Crippen molar-refractivity contribution in [3.8, 4) is 5.75 Å². The minimum atomic E-state index is -1.55. The summed E-state index contributed by atoms with van der Waals surface area (Å²) in [5.74, 6) is 0.315. The zero-order valence-corrected chi connectivity index (χ0v) is 27.4. The quantitative estimate of drug-likeness (QED) is 0.163. The third-order valence-corrected chi connectivity index (χ3v) is 9.46. The smallest absolute Gasteiger partial charge is 0.253 e. The molecule has 1 amide bonds. The van der Waals surface area contributed by atoms with E-state index in [0.29, 0.717) is 37.3 Å². The number of ether oxygens (including phenoxy) is 1. The van der Waals surface area contributed by atoms with Crippen LogP contribution in [-0.4, -0.2) is 82.1 Å². The molecule has 1 aliphatic rings. The Labute approximate surface area is 280 Å². The first-order valence-corrected chi connectivity index (χ1v) is 16.4. The number of hydrogen-bond donors (Lipinski definition) is 1. The summed E-state index contributed by atoms with van der Waals surface area (Å²) in [5, 5.41) is 11.7. The van der Waals surface area contributed by atoms with E-state index in [9.17, 15) is 19.1 Å². The number of aromatic nitrogens is 2. The third-order valence-electron chi connectivity index (χ3n) is 9.46. The molecule has 1 saturated heterocycles. The Bertz CT molecular complexity index is 1850. The fourth-order valence-electron chi connectivity index (χ4n) is 6.56. The maximum absolute atomic E-state index is 14.0. The summed E-state index contributed by atoms with van der Waals surface area (Å²) in [6, 6.07) is 31.0. The number of para-hydroxylation sites is 2. The summed E-state index contributed by atoms with van der Waals surface area (Å²) in [5.41, 5.74) is 2.51. The lowest BCUT2D eigenvalue weighted by molar-refractivity contribution is -0.00784. The van der Waals surface area contributed by atoms with Crippen LogP contribution in [0.1, 0.15) is 57.3 Å². The van der Waals surface area contributed by atoms with Gasteiger partial charge in [-0.1, -0.05) is 54.6 Å². The van der Waals surface area contributed by atoms with Gasteiger partial charge in [0.1, 0.15) is 17.2 Å². The van der Waals surface area contributed by atoms with E-state index in [1.54, 1.807) is 24.1 Å². The van der Waals surface area contributed by atoms with Crippen molar-refractivity contribution in [2.45, 2.75) is 37.3 Å². The van der Waals surface area contributed by atoms with Gasteiger partial charge >= 0.3 is 0 Å². The Morgan fingerprint density at radius 3 is 2.29 bits per heavy atom. The van der Waals surface area contributed by atoms with Gasteiger partial charge in [0.15, 0.2) is 5.82 Å². The van der Waals surface area contributed by atoms with Gasteiger partial charge in [-0.3, -0.25) is 9.59 Å². The number of Topliss-reactive ketones (excluding diaryl/α,β-unsaturated/α-hetero) is 1. The molecule has 0 spiro atoms. The normalized spacial score (nSPS) is 15.2. The highest BCUT2D eigenvalue weighted by molar-refractivity contribution is 6.02. The number of carbonyl (C=O) groups is 2. The fraction of sp³-hybridized carbons (Fsp3) is 0.308. The molecule has 2 heterocycles. The number of likely N-dealkylation sites (tertiary alicyclic amines) is 1. The number of carbonyl (C=O) groups excluding carboxylic acids is 2. The number of aliphatic hydroxyl groups is 1. The first-order chi connectivity index (χ1) is 23.2. The van der Waals surface area contributed by atoms with Crippen LogP contribution in [0.3, 0.4) is 0 Å². The molecule has 0 aliphatic carbocycles. The molecule has 0 bridgehead atoms. The van der Waals surface area contributed by atoms with E-state index >= 15 is 0 Å². The second-order valence-corrected chi connectivity index (χ2v) is 12.6. The predicted octanol–water partition coefficient (Wildman–Crippen LogP) is 6.19. The summed E-state index contributed by atoms with van der Waals surface area (Å²) < 4.78 is 20.8. The van der Waals surface area contributed by atoms with Crippen LogP contribution in [0.15, 0.2) is 103 Å². The number of fused-ring (bicyclic) bond motifs is 1. The van der Waals surface area contributed by atoms with Gasteiger partial charge in [-0.05, 0) is 85.5 Å². The van der Waals surface area contributed by atoms with Gasteiger partial charge in [-0.25, -0.2) is 9.37 Å². The van der Waals surface area contributed by atoms with Crippen LogP contribution >= 0.6 is 0 Å². The molecule has 6 rings (SSSR count). The standard InChI is InChI=1S/C39H41FN4O4/c1-42(38(46)30-8-4-3-5-9-30)27-31(29-14-18-33(48-2)19-15-29)20-23-43-24-21-39(47,22-25-43)36(45)37-41-34-10-6-7-11-35(34)44(37)26-28-12-16-32(40)17-13-28/h3-19,31,47H,20-27H2,1-2H3. The molecule has 0 radical (unpaired) electrons. The average molecular weight is 649 g/mol. The Kier molecular flexibility index (Phi) is 9.98. The van der Waals surface area contributed by atoms with Gasteiger partial charge in [0, 0.05) is 44.7 Å². The van der Waals surface area contributed by atoms with Crippen molar-refractivity contribution in [1.82, 2.24) is 19.4 Å². The molecule has 4 aromatic carbocycles. The molecule has 248 valence electrons. The Balaban J connectivity index is 1.14. The highest BCUT2D eigenvalue weighted by Gasteiger charge is 2.42. The van der Waals surface area contributed by atoms with Crippen LogP contribution < -0.4 is 4.74 Å². The largest absolute Gasteiger partial charge is 0.497 e. The molecule has 1 unspecified atom stereocenters. The number of imidazole rings is 1. The Morgan fingerprint density at radius 2 is 1.60 bits per heavy atom. The number of likely N-dealkylation sites (N-methyl/N-ethyl adjacent to an activating group) is 1. The number of ketones is 1. The number of piperidine rings is 1. The second kappa shape index (κ2) is 14.5. The van der Waals surface area contributed by atoms with E-state index in [-0.39, 0.29) is 36.3 Å². The number of amides is 1. The highest BCUT2D eigenvalue weighted by Crippen LogP contribution is 2.30. The zero-order valence-electron chi connectivity index (χ0n) is 27.4. The molecule has 0 saturated carbocycles. The molecule has 1 aromatic heterocycles. The van der Waals surface area contributed by atoms with Crippen LogP contribution in [0.5, 0.6) is 5.75 Å². The molecule has 1 aliphatic heterocycles. The summed E-state index contributed by atoms with van der Waals surface area (Å²) >= 11 is 0. The Morgan fingerprint density at radius 1 is 0.938 bits per heavy atom. The SMILES string of the molecule is COc1ccc(C(CCN2CCC(O)(C(=O)c3nc4ccccc4n3Cc3ccc(F)cc3)CC2)CN(C)C(=O)c2ccccc2)cc1. The fourth-order valence-corrected chi connectivity index (χ4v) is 6.56. The third kappa shape index (κ3) is 7.32. The maximum atomic E-state index is 14.0. The minimum Gasteiger partial charge on any atom is -0.497 e. The van der Waals surface area contributed by atoms with Crippen LogP contribution in [0.2, 0.25) is 0 Å². The minimum absolute atomic E-state index is 0.0267. The first-order valence-electron chi connectivity index (χ1n) is 16.4. The number of rotatable bonds is 12. The molecular weight excluding hydrogens is 607 g/mol. The van der Waals surface area contributed by atoms with Crippen molar-refractivity contribution in [3.05, 3.63) is 131 Å². The van der Waals surface area contributed by atoms with Crippen LogP contribution in [0.25, 0.3) is 11.0 Å². The van der Waals surface area contributed by atoms with E-state index in [1.807, 2.05) is 78.3 Å². The predicted molar refractivity (Wildman–Crippen MR) is 184 cm³/mol. The van der Waals surface area contributed by atoms with E-state index in [2.05, 4.69) is 22.0 Å². The summed E-state index contributed by atoms with van der Waals surface area (Å²) in [7, 11) is 3.48. The van der Waals surface area contributed by atoms with Crippen molar-refractivity contribution in [2.24, 2.45) is 0 Å². The number of methoxy groups -OCH3 is 1. The Hall–Kier alpha value is -4.86. The molecule has 8 nitrogen and oxygen atoms in total. The number of nitrogens with zero attached hydrogens (tertiary/aromatic N) is 4. The first kappa shape index (κ1) is 33.1. The number of hydrogen-bond acceptors (Lipinski definition) is 6. The number of benzene rings is 4. The summed E-state index contributed by atoms with van der Waals surface area (Å²) in [6.45, 7) is 2.72. The summed E-state index contributed by atoms with van der Waals surface area (Å²) in [6.07, 6.45) is 1.36. The van der Waals surface area contributed by atoms with Crippen LogP contribution in [-0.2, 0) is 6.54 Å². The van der Waals surface area contributed by atoms with Gasteiger partial charge in [0.25, 0.3) is 5.91 Å². The van der Waals surface area contributed by atoms with Crippen molar-refractivity contribution in [3.63, 3.8) is 0 Å². The second-order valence-electron chi connectivity index (χ2n) is 12.6. The van der Waals surface area contributed by atoms with Gasteiger partial charge in [-0.2, -0.15) is 0 Å². The van der Waals surface area contributed by atoms with Gasteiger partial charge < -0.3 is 24.2 Å². The molecule has 9 heteroatoms. The van der Waals surface area contributed by atoms with Gasteiger partial charge in [0.2, 0.25) is 5.78 Å². The molecule has 1 N–H and O–H groups in total. The van der Waals surface area contributed by atoms with Crippen LogP contribution in [0.4, 0.5) is 4.39 Å².